The number of halogens is 2. The van der Waals surface area contributed by atoms with Crippen LogP contribution in [0.5, 0.6) is 0 Å². The molecule has 5 aromatic rings. The zero-order valence-corrected chi connectivity index (χ0v) is 26.9. The summed E-state index contributed by atoms with van der Waals surface area (Å²) in [4.78, 5) is 17.5. The van der Waals surface area contributed by atoms with Crippen LogP contribution in [0.25, 0.3) is 28.6 Å². The molecule has 0 spiro atoms. The van der Waals surface area contributed by atoms with Gasteiger partial charge in [0.2, 0.25) is 0 Å². The van der Waals surface area contributed by atoms with E-state index in [0.29, 0.717) is 11.6 Å². The molecule has 4 aromatic carbocycles. The maximum absolute atomic E-state index is 11.3. The largest absolute Gasteiger partial charge is 0.478 e. The number of nitrogens with one attached hydrogen (secondary N) is 1. The van der Waals surface area contributed by atoms with Gasteiger partial charge in [0.05, 0.1) is 11.3 Å². The van der Waals surface area contributed by atoms with E-state index in [1.807, 2.05) is 30.5 Å². The third kappa shape index (κ3) is 8.79. The zero-order valence-electron chi connectivity index (χ0n) is 24.5. The number of benzene rings is 4. The summed E-state index contributed by atoms with van der Waals surface area (Å²) in [6.45, 7) is 1.28. The van der Waals surface area contributed by atoms with Crippen molar-refractivity contribution >= 4 is 52.7 Å². The third-order valence-corrected chi connectivity index (χ3v) is 8.21. The molecule has 5 nitrogen and oxygen atoms in total. The van der Waals surface area contributed by atoms with Crippen LogP contribution >= 0.6 is 35.0 Å². The molecule has 2 N–H and O–H groups in total. The first-order valence-corrected chi connectivity index (χ1v) is 16.2. The number of anilines is 1. The summed E-state index contributed by atoms with van der Waals surface area (Å²) in [5.41, 5.74) is 8.80. The second-order valence-corrected chi connectivity index (χ2v) is 11.8. The number of rotatable bonds is 12. The van der Waals surface area contributed by atoms with Crippen LogP contribution in [0.4, 0.5) is 5.69 Å². The van der Waals surface area contributed by atoms with Gasteiger partial charge in [-0.3, -0.25) is 0 Å². The first-order chi connectivity index (χ1) is 21.9. The molecular weight excluding hydrogens is 621 g/mol. The normalized spacial score (nSPS) is 11.8. The highest BCUT2D eigenvalue weighted by molar-refractivity contribution is 7.98. The van der Waals surface area contributed by atoms with E-state index in [2.05, 4.69) is 88.9 Å². The Morgan fingerprint density at radius 2 is 1.64 bits per heavy atom. The van der Waals surface area contributed by atoms with Gasteiger partial charge < -0.3 is 15.0 Å². The SMILES string of the molecule is CSc1ccc(CNc2cccc(-c3ccc(-c4nc(/C=C/C=C(Cl)\C=C\Cl)cn4Cc4ccc(C(=O)O)cc4)cc3)c2)cc1. The Balaban J connectivity index is 1.37. The molecule has 0 fully saturated rings. The van der Waals surface area contributed by atoms with E-state index in [1.165, 1.54) is 16.0 Å². The van der Waals surface area contributed by atoms with E-state index in [1.54, 1.807) is 36.0 Å². The van der Waals surface area contributed by atoms with Gasteiger partial charge in [0, 0.05) is 46.0 Å². The van der Waals surface area contributed by atoms with E-state index >= 15 is 0 Å². The predicted octanol–water partition coefficient (Wildman–Crippen LogP) is 10.2. The lowest BCUT2D eigenvalue weighted by molar-refractivity contribution is 0.0697. The van der Waals surface area contributed by atoms with E-state index in [4.69, 9.17) is 28.2 Å². The predicted molar refractivity (Wildman–Crippen MR) is 189 cm³/mol. The summed E-state index contributed by atoms with van der Waals surface area (Å²) in [5.74, 6) is -0.155. The van der Waals surface area contributed by atoms with Crippen LogP contribution in [0, 0.1) is 0 Å². The molecule has 1 aromatic heterocycles. The number of aromatic carboxylic acids is 1. The Hall–Kier alpha value is -4.49. The highest BCUT2D eigenvalue weighted by Crippen LogP contribution is 2.28. The number of carboxylic acids is 1. The quantitative estimate of drug-likeness (QED) is 0.104. The minimum absolute atomic E-state index is 0.252. The van der Waals surface area contributed by atoms with Crippen molar-refractivity contribution in [2.75, 3.05) is 11.6 Å². The molecule has 0 saturated carbocycles. The number of carboxylic acid groups (broad SMARTS) is 1. The summed E-state index contributed by atoms with van der Waals surface area (Å²) in [7, 11) is 0. The topological polar surface area (TPSA) is 67.2 Å². The number of hydrogen-bond acceptors (Lipinski definition) is 4. The molecule has 45 heavy (non-hydrogen) atoms. The van der Waals surface area contributed by atoms with Crippen molar-refractivity contribution in [1.29, 1.82) is 0 Å². The smallest absolute Gasteiger partial charge is 0.335 e. The molecule has 0 atom stereocenters. The van der Waals surface area contributed by atoms with Gasteiger partial charge in [0.25, 0.3) is 0 Å². The highest BCUT2D eigenvalue weighted by atomic mass is 35.5. The molecule has 1 heterocycles. The number of aromatic nitrogens is 2. The fourth-order valence-corrected chi connectivity index (χ4v) is 5.48. The maximum Gasteiger partial charge on any atom is 0.335 e. The molecule has 0 bridgehead atoms. The van der Waals surface area contributed by atoms with Crippen molar-refractivity contribution in [2.24, 2.45) is 0 Å². The van der Waals surface area contributed by atoms with Gasteiger partial charge in [0.1, 0.15) is 5.82 Å². The third-order valence-electron chi connectivity index (χ3n) is 7.09. The van der Waals surface area contributed by atoms with Gasteiger partial charge in [-0.15, -0.1) is 11.8 Å². The lowest BCUT2D eigenvalue weighted by Gasteiger charge is -2.11. The van der Waals surface area contributed by atoms with Gasteiger partial charge in [-0.05, 0) is 83.1 Å². The molecule has 0 aliphatic rings. The van der Waals surface area contributed by atoms with Gasteiger partial charge >= 0.3 is 5.97 Å². The fourth-order valence-electron chi connectivity index (χ4n) is 4.74. The second kappa shape index (κ2) is 15.5. The van der Waals surface area contributed by atoms with Gasteiger partial charge in [0.15, 0.2) is 0 Å². The van der Waals surface area contributed by atoms with Crippen molar-refractivity contribution in [1.82, 2.24) is 9.55 Å². The summed E-state index contributed by atoms with van der Waals surface area (Å²) < 4.78 is 2.06. The molecule has 226 valence electrons. The van der Waals surface area contributed by atoms with Crippen LogP contribution in [0.2, 0.25) is 0 Å². The number of nitrogens with zero attached hydrogens (tertiary/aromatic N) is 2. The van der Waals surface area contributed by atoms with Crippen LogP contribution in [0.3, 0.4) is 0 Å². The van der Waals surface area contributed by atoms with Crippen molar-refractivity contribution in [2.45, 2.75) is 18.0 Å². The Kier molecular flexibility index (Phi) is 11.0. The van der Waals surface area contributed by atoms with E-state index in [-0.39, 0.29) is 5.56 Å². The molecule has 0 amide bonds. The first-order valence-electron chi connectivity index (χ1n) is 14.2. The van der Waals surface area contributed by atoms with Crippen molar-refractivity contribution in [3.05, 3.63) is 154 Å². The average Bonchev–Trinajstić information content (AvgIpc) is 3.46. The van der Waals surface area contributed by atoms with Crippen LogP contribution in [0.15, 0.2) is 137 Å². The molecule has 0 unspecified atom stereocenters. The van der Waals surface area contributed by atoms with E-state index in [9.17, 15) is 9.90 Å². The van der Waals surface area contributed by atoms with E-state index in [0.717, 1.165) is 46.0 Å². The van der Waals surface area contributed by atoms with Gasteiger partial charge in [-0.1, -0.05) is 89.9 Å². The molecule has 8 heteroatoms. The summed E-state index contributed by atoms with van der Waals surface area (Å²) in [5, 5.41) is 13.3. The lowest BCUT2D eigenvalue weighted by atomic mass is 10.0. The monoisotopic (exact) mass is 651 g/mol. The van der Waals surface area contributed by atoms with Gasteiger partial charge in [-0.2, -0.15) is 0 Å². The van der Waals surface area contributed by atoms with Crippen LogP contribution in [-0.2, 0) is 13.1 Å². The second-order valence-electron chi connectivity index (χ2n) is 10.2. The van der Waals surface area contributed by atoms with Crippen molar-refractivity contribution in [3.8, 4) is 22.5 Å². The molecular formula is C37H31Cl2N3O2S. The number of carbonyl (C=O) groups is 1. The fraction of sp³-hybridized carbons (Fsp3) is 0.0811. The average molecular weight is 653 g/mol. The standard InChI is InChI=1S/C37H31Cl2N3O2S/c1-45-35-18-10-26(11-19-35)23-40-33-6-2-4-31(22-33)28-14-16-29(17-15-28)36-41-34(7-3-5-32(39)20-21-38)25-42(36)24-27-8-12-30(13-9-27)37(43)44/h2-22,25,40H,23-24H2,1H3,(H,43,44)/b7-3+,21-20+,32-5+. The lowest BCUT2D eigenvalue weighted by Crippen LogP contribution is -2.02. The molecule has 0 saturated heterocycles. The number of hydrogen-bond donors (Lipinski definition) is 2. The van der Waals surface area contributed by atoms with Crippen LogP contribution < -0.4 is 5.32 Å². The van der Waals surface area contributed by atoms with Crippen LogP contribution in [0.1, 0.15) is 27.2 Å². The first kappa shape index (κ1) is 31.9. The molecule has 0 aliphatic heterocycles. The summed E-state index contributed by atoms with van der Waals surface area (Å²) in [6, 6.07) is 32.3. The summed E-state index contributed by atoms with van der Waals surface area (Å²) in [6.07, 6.45) is 11.1. The van der Waals surface area contributed by atoms with Crippen molar-refractivity contribution in [3.63, 3.8) is 0 Å². The minimum Gasteiger partial charge on any atom is -0.478 e. The van der Waals surface area contributed by atoms with Crippen LogP contribution in [-0.4, -0.2) is 26.9 Å². The molecule has 0 aliphatic carbocycles. The van der Waals surface area contributed by atoms with E-state index < -0.39 is 5.97 Å². The Morgan fingerprint density at radius 3 is 2.33 bits per heavy atom. The highest BCUT2D eigenvalue weighted by Gasteiger charge is 2.11. The summed E-state index contributed by atoms with van der Waals surface area (Å²) >= 11 is 13.5. The number of allylic oxidation sites excluding steroid dienone is 4. The number of thioether (sulfide) groups is 1. The molecule has 5 rings (SSSR count). The Morgan fingerprint density at radius 1 is 0.933 bits per heavy atom. The van der Waals surface area contributed by atoms with Gasteiger partial charge in [-0.25, -0.2) is 9.78 Å². The van der Waals surface area contributed by atoms with Crippen molar-refractivity contribution < 1.29 is 9.90 Å². The Bertz CT molecular complexity index is 1840. The zero-order chi connectivity index (χ0) is 31.6. The molecule has 0 radical (unpaired) electrons. The number of imidazole rings is 1. The minimum atomic E-state index is -0.949. The maximum atomic E-state index is 11.3. The Labute approximate surface area is 277 Å².